The lowest BCUT2D eigenvalue weighted by molar-refractivity contribution is 0.861. The molecule has 0 amide bonds. The first-order chi connectivity index (χ1) is 8.19. The number of rotatable bonds is 4. The molecule has 0 spiro atoms. The number of thiazole rings is 1. The van der Waals surface area contributed by atoms with Crippen LogP contribution in [0.25, 0.3) is 0 Å². The van der Waals surface area contributed by atoms with Gasteiger partial charge < -0.3 is 10.6 Å². The van der Waals surface area contributed by atoms with Crippen molar-refractivity contribution in [1.82, 2.24) is 9.97 Å². The fourth-order valence-corrected chi connectivity index (χ4v) is 2.29. The summed E-state index contributed by atoms with van der Waals surface area (Å²) < 4.78 is 0. The van der Waals surface area contributed by atoms with Gasteiger partial charge in [0.05, 0.1) is 6.04 Å². The van der Waals surface area contributed by atoms with Crippen LogP contribution in [-0.2, 0) is 0 Å². The number of aryl methyl sites for hydroxylation is 1. The lowest BCUT2D eigenvalue weighted by Gasteiger charge is -2.12. The normalized spacial score (nSPS) is 12.2. The third-order valence-corrected chi connectivity index (χ3v) is 3.47. The van der Waals surface area contributed by atoms with Gasteiger partial charge in [0.25, 0.3) is 0 Å². The van der Waals surface area contributed by atoms with Crippen LogP contribution < -0.4 is 10.6 Å². The fourth-order valence-electron chi connectivity index (χ4n) is 1.51. The van der Waals surface area contributed by atoms with E-state index in [9.17, 15) is 0 Å². The molecule has 0 aliphatic carbocycles. The summed E-state index contributed by atoms with van der Waals surface area (Å²) in [5.74, 6) is 1.72. The van der Waals surface area contributed by atoms with Crippen molar-refractivity contribution < 1.29 is 0 Å². The predicted molar refractivity (Wildman–Crippen MR) is 72.7 cm³/mol. The van der Waals surface area contributed by atoms with Crippen LogP contribution in [0.15, 0.2) is 24.4 Å². The van der Waals surface area contributed by atoms with E-state index >= 15 is 0 Å². The molecule has 0 aromatic carbocycles. The first-order valence-corrected chi connectivity index (χ1v) is 6.34. The van der Waals surface area contributed by atoms with Gasteiger partial charge in [-0.25, -0.2) is 9.97 Å². The minimum atomic E-state index is 0.174. The van der Waals surface area contributed by atoms with E-state index < -0.39 is 0 Å². The third-order valence-electron chi connectivity index (χ3n) is 2.38. The number of anilines is 2. The average Bonchev–Trinajstić information content (AvgIpc) is 2.76. The molecule has 5 heteroatoms. The Morgan fingerprint density at radius 2 is 2.06 bits per heavy atom. The van der Waals surface area contributed by atoms with Crippen molar-refractivity contribution in [2.45, 2.75) is 19.9 Å². The second kappa shape index (κ2) is 5.14. The van der Waals surface area contributed by atoms with Crippen molar-refractivity contribution in [2.75, 3.05) is 17.7 Å². The summed E-state index contributed by atoms with van der Waals surface area (Å²) in [6.45, 7) is 4.15. The predicted octanol–water partition coefficient (Wildman–Crippen LogP) is 3.06. The van der Waals surface area contributed by atoms with E-state index in [-0.39, 0.29) is 6.04 Å². The summed E-state index contributed by atoms with van der Waals surface area (Å²) in [5.41, 5.74) is 0. The highest BCUT2D eigenvalue weighted by molar-refractivity contribution is 7.11. The number of pyridine rings is 1. The molecule has 0 saturated heterocycles. The molecule has 0 fully saturated rings. The molecule has 4 nitrogen and oxygen atoms in total. The van der Waals surface area contributed by atoms with Crippen LogP contribution in [0.2, 0.25) is 0 Å². The lowest BCUT2D eigenvalue weighted by Crippen LogP contribution is -2.08. The Labute approximate surface area is 105 Å². The van der Waals surface area contributed by atoms with Gasteiger partial charge in [-0.1, -0.05) is 6.07 Å². The molecule has 2 aromatic rings. The van der Waals surface area contributed by atoms with E-state index in [4.69, 9.17) is 0 Å². The lowest BCUT2D eigenvalue weighted by atomic mass is 10.3. The Morgan fingerprint density at radius 1 is 1.29 bits per heavy atom. The Morgan fingerprint density at radius 3 is 2.71 bits per heavy atom. The molecular formula is C12H16N4S. The highest BCUT2D eigenvalue weighted by Gasteiger charge is 2.09. The zero-order chi connectivity index (χ0) is 12.3. The number of hydrogen-bond acceptors (Lipinski definition) is 5. The van der Waals surface area contributed by atoms with Crippen LogP contribution in [0, 0.1) is 6.92 Å². The maximum absolute atomic E-state index is 4.42. The number of hydrogen-bond donors (Lipinski definition) is 2. The van der Waals surface area contributed by atoms with Gasteiger partial charge in [-0.15, -0.1) is 11.3 Å². The van der Waals surface area contributed by atoms with Crippen molar-refractivity contribution in [2.24, 2.45) is 0 Å². The summed E-state index contributed by atoms with van der Waals surface area (Å²) in [7, 11) is 1.86. The molecule has 90 valence electrons. The number of nitrogens with zero attached hydrogens (tertiary/aromatic N) is 2. The van der Waals surface area contributed by atoms with Gasteiger partial charge in [0, 0.05) is 18.1 Å². The maximum atomic E-state index is 4.42. The van der Waals surface area contributed by atoms with Gasteiger partial charge in [-0.3, -0.25) is 0 Å². The van der Waals surface area contributed by atoms with Crippen molar-refractivity contribution >= 4 is 23.0 Å². The zero-order valence-corrected chi connectivity index (χ0v) is 11.0. The molecule has 0 saturated carbocycles. The second-order valence-corrected chi connectivity index (χ2v) is 5.10. The standard InChI is InChI=1S/C12H16N4S/c1-8-7-14-12(17-8)9(2)15-11-6-4-5-10(13-3)16-11/h4-7,9H,1-3H3,(H2,13,15,16). The van der Waals surface area contributed by atoms with Crippen LogP contribution in [0.3, 0.4) is 0 Å². The fraction of sp³-hybridized carbons (Fsp3) is 0.333. The molecule has 0 radical (unpaired) electrons. The largest absolute Gasteiger partial charge is 0.373 e. The second-order valence-electron chi connectivity index (χ2n) is 3.83. The molecule has 2 heterocycles. The quantitative estimate of drug-likeness (QED) is 0.873. The van der Waals surface area contributed by atoms with Gasteiger partial charge in [-0.2, -0.15) is 0 Å². The minimum Gasteiger partial charge on any atom is -0.373 e. The Kier molecular flexibility index (Phi) is 3.58. The molecule has 2 rings (SSSR count). The summed E-state index contributed by atoms with van der Waals surface area (Å²) in [6, 6.07) is 6.04. The van der Waals surface area contributed by atoms with Crippen molar-refractivity contribution in [1.29, 1.82) is 0 Å². The van der Waals surface area contributed by atoms with Crippen LogP contribution in [0.5, 0.6) is 0 Å². The highest BCUT2D eigenvalue weighted by Crippen LogP contribution is 2.22. The van der Waals surface area contributed by atoms with Gasteiger partial charge in [0.15, 0.2) is 0 Å². The van der Waals surface area contributed by atoms with Gasteiger partial charge in [-0.05, 0) is 26.0 Å². The van der Waals surface area contributed by atoms with Gasteiger partial charge in [0.2, 0.25) is 0 Å². The van der Waals surface area contributed by atoms with Crippen LogP contribution in [0.4, 0.5) is 11.6 Å². The molecule has 1 atom stereocenters. The molecule has 1 unspecified atom stereocenters. The molecule has 2 N–H and O–H groups in total. The minimum absolute atomic E-state index is 0.174. The first-order valence-electron chi connectivity index (χ1n) is 5.52. The van der Waals surface area contributed by atoms with Gasteiger partial charge >= 0.3 is 0 Å². The first kappa shape index (κ1) is 11.9. The monoisotopic (exact) mass is 248 g/mol. The molecule has 17 heavy (non-hydrogen) atoms. The summed E-state index contributed by atoms with van der Waals surface area (Å²) in [5, 5.41) is 7.45. The van der Waals surface area contributed by atoms with E-state index in [1.165, 1.54) is 4.88 Å². The summed E-state index contributed by atoms with van der Waals surface area (Å²) >= 11 is 1.71. The number of nitrogens with one attached hydrogen (secondary N) is 2. The average molecular weight is 248 g/mol. The van der Waals surface area contributed by atoms with Crippen molar-refractivity contribution in [3.8, 4) is 0 Å². The molecule has 0 aliphatic heterocycles. The van der Waals surface area contributed by atoms with Crippen LogP contribution >= 0.6 is 11.3 Å². The SMILES string of the molecule is CNc1cccc(NC(C)c2ncc(C)s2)n1. The van der Waals surface area contributed by atoms with E-state index in [0.29, 0.717) is 0 Å². The molecule has 0 bridgehead atoms. The van der Waals surface area contributed by atoms with E-state index in [1.54, 1.807) is 11.3 Å². The molecular weight excluding hydrogens is 232 g/mol. The third kappa shape index (κ3) is 2.94. The van der Waals surface area contributed by atoms with Crippen molar-refractivity contribution in [3.05, 3.63) is 34.3 Å². The summed E-state index contributed by atoms with van der Waals surface area (Å²) in [6.07, 6.45) is 1.90. The van der Waals surface area contributed by atoms with E-state index in [2.05, 4.69) is 34.4 Å². The van der Waals surface area contributed by atoms with Crippen molar-refractivity contribution in [3.63, 3.8) is 0 Å². The Bertz CT molecular complexity index is 495. The Balaban J connectivity index is 2.09. The maximum Gasteiger partial charge on any atom is 0.128 e. The zero-order valence-electron chi connectivity index (χ0n) is 10.2. The molecule has 0 aliphatic rings. The number of aromatic nitrogens is 2. The summed E-state index contributed by atoms with van der Waals surface area (Å²) in [4.78, 5) is 10.0. The smallest absolute Gasteiger partial charge is 0.128 e. The van der Waals surface area contributed by atoms with E-state index in [0.717, 1.165) is 16.6 Å². The highest BCUT2D eigenvalue weighted by atomic mass is 32.1. The molecule has 2 aromatic heterocycles. The topological polar surface area (TPSA) is 49.8 Å². The van der Waals surface area contributed by atoms with Crippen LogP contribution in [0.1, 0.15) is 22.9 Å². The van der Waals surface area contributed by atoms with Crippen LogP contribution in [-0.4, -0.2) is 17.0 Å². The van der Waals surface area contributed by atoms with Gasteiger partial charge in [0.1, 0.15) is 16.6 Å². The Hall–Kier alpha value is -1.62. The van der Waals surface area contributed by atoms with E-state index in [1.807, 2.05) is 31.4 Å².